The number of benzene rings is 1. The van der Waals surface area contributed by atoms with Crippen LogP contribution >= 0.6 is 0 Å². The van der Waals surface area contributed by atoms with Gasteiger partial charge in [-0.2, -0.15) is 0 Å². The number of piperidine rings is 1. The Morgan fingerprint density at radius 3 is 2.38 bits per heavy atom. The van der Waals surface area contributed by atoms with E-state index in [1.807, 2.05) is 6.92 Å². The maximum absolute atomic E-state index is 12.0. The molecule has 26 heavy (non-hydrogen) atoms. The minimum atomic E-state index is -0.339. The van der Waals surface area contributed by atoms with Crippen LogP contribution in [0.25, 0.3) is 0 Å². The first kappa shape index (κ1) is 19.6. The molecule has 0 unspecified atom stereocenters. The highest BCUT2D eigenvalue weighted by molar-refractivity contribution is 5.78. The zero-order valence-electron chi connectivity index (χ0n) is 15.1. The van der Waals surface area contributed by atoms with Gasteiger partial charge in [0.05, 0.1) is 6.61 Å². The maximum Gasteiger partial charge on any atom is 0.410 e. The second kappa shape index (κ2) is 10.3. The highest BCUT2D eigenvalue weighted by atomic mass is 16.6. The predicted molar refractivity (Wildman–Crippen MR) is 97.4 cm³/mol. The lowest BCUT2D eigenvalue weighted by atomic mass is 10.1. The molecule has 0 aliphatic carbocycles. The lowest BCUT2D eigenvalue weighted by Gasteiger charge is -2.31. The van der Waals surface area contributed by atoms with Gasteiger partial charge in [0.25, 0.3) is 5.91 Å². The quantitative estimate of drug-likeness (QED) is 0.719. The van der Waals surface area contributed by atoms with Crippen molar-refractivity contribution < 1.29 is 23.8 Å². The van der Waals surface area contributed by atoms with E-state index in [0.717, 1.165) is 5.75 Å². The number of nitrogens with one attached hydrogen (secondary N) is 1. The first-order valence-corrected chi connectivity index (χ1v) is 8.80. The van der Waals surface area contributed by atoms with E-state index < -0.39 is 0 Å². The van der Waals surface area contributed by atoms with E-state index in [1.165, 1.54) is 6.08 Å². The van der Waals surface area contributed by atoms with Crippen molar-refractivity contribution in [2.45, 2.75) is 25.8 Å². The van der Waals surface area contributed by atoms with Gasteiger partial charge in [-0.3, -0.25) is 4.79 Å². The van der Waals surface area contributed by atoms with Crippen molar-refractivity contribution >= 4 is 12.0 Å². The smallest absolute Gasteiger partial charge is 0.410 e. The van der Waals surface area contributed by atoms with Crippen LogP contribution in [0, 0.1) is 0 Å². The summed E-state index contributed by atoms with van der Waals surface area (Å²) in [6.07, 6.45) is 2.58. The molecule has 0 bridgehead atoms. The van der Waals surface area contributed by atoms with Crippen molar-refractivity contribution in [2.24, 2.45) is 0 Å². The van der Waals surface area contributed by atoms with E-state index in [-0.39, 0.29) is 31.3 Å². The van der Waals surface area contributed by atoms with Gasteiger partial charge in [-0.1, -0.05) is 12.7 Å². The van der Waals surface area contributed by atoms with Crippen LogP contribution in [-0.4, -0.2) is 55.9 Å². The molecule has 0 saturated carbocycles. The van der Waals surface area contributed by atoms with E-state index in [2.05, 4.69) is 11.9 Å². The van der Waals surface area contributed by atoms with Gasteiger partial charge in [0.15, 0.2) is 6.61 Å². The number of ether oxygens (including phenoxy) is 3. The van der Waals surface area contributed by atoms with Gasteiger partial charge in [0, 0.05) is 19.1 Å². The molecule has 1 N–H and O–H groups in total. The van der Waals surface area contributed by atoms with Crippen molar-refractivity contribution in [1.29, 1.82) is 0 Å². The Hall–Kier alpha value is -2.70. The summed E-state index contributed by atoms with van der Waals surface area (Å²) in [5.41, 5.74) is 0. The lowest BCUT2D eigenvalue weighted by molar-refractivity contribution is -0.124. The highest BCUT2D eigenvalue weighted by Gasteiger charge is 2.24. The monoisotopic (exact) mass is 362 g/mol. The van der Waals surface area contributed by atoms with Gasteiger partial charge in [0.1, 0.15) is 18.1 Å². The summed E-state index contributed by atoms with van der Waals surface area (Å²) in [5.74, 6) is 1.21. The summed E-state index contributed by atoms with van der Waals surface area (Å²) in [6.45, 7) is 7.31. The molecule has 0 spiro atoms. The van der Waals surface area contributed by atoms with Crippen LogP contribution in [-0.2, 0) is 9.53 Å². The summed E-state index contributed by atoms with van der Waals surface area (Å²) in [7, 11) is 0. The minimum absolute atomic E-state index is 0.0369. The second-order valence-corrected chi connectivity index (χ2v) is 5.89. The molecule has 2 amide bonds. The third-order valence-electron chi connectivity index (χ3n) is 3.95. The average molecular weight is 362 g/mol. The molecular weight excluding hydrogens is 336 g/mol. The zero-order valence-corrected chi connectivity index (χ0v) is 15.1. The molecule has 1 aromatic rings. The molecular formula is C19H26N2O5. The number of rotatable bonds is 8. The molecule has 7 heteroatoms. The number of likely N-dealkylation sites (tertiary alicyclic amines) is 1. The number of nitrogens with zero attached hydrogens (tertiary/aromatic N) is 1. The summed E-state index contributed by atoms with van der Waals surface area (Å²) in [5, 5.41) is 2.94. The highest BCUT2D eigenvalue weighted by Crippen LogP contribution is 2.17. The first-order valence-electron chi connectivity index (χ1n) is 8.80. The Bertz CT molecular complexity index is 594. The van der Waals surface area contributed by atoms with Crippen LogP contribution in [0.1, 0.15) is 19.8 Å². The van der Waals surface area contributed by atoms with E-state index in [4.69, 9.17) is 14.2 Å². The Labute approximate surface area is 153 Å². The fourth-order valence-electron chi connectivity index (χ4n) is 2.64. The Balaban J connectivity index is 1.67. The summed E-state index contributed by atoms with van der Waals surface area (Å²) in [6, 6.07) is 7.18. The molecule has 142 valence electrons. The second-order valence-electron chi connectivity index (χ2n) is 5.89. The number of carbonyl (C=O) groups excluding carboxylic acids is 2. The van der Waals surface area contributed by atoms with Crippen LogP contribution in [0.2, 0.25) is 0 Å². The molecule has 7 nitrogen and oxygen atoms in total. The topological polar surface area (TPSA) is 77.1 Å². The van der Waals surface area contributed by atoms with E-state index in [0.29, 0.717) is 38.3 Å². The molecule has 1 heterocycles. The fraction of sp³-hybridized carbons (Fsp3) is 0.474. The van der Waals surface area contributed by atoms with Crippen molar-refractivity contribution in [3.63, 3.8) is 0 Å². The van der Waals surface area contributed by atoms with Gasteiger partial charge in [0.2, 0.25) is 0 Å². The molecule has 1 aromatic carbocycles. The van der Waals surface area contributed by atoms with Gasteiger partial charge in [-0.15, -0.1) is 0 Å². The third kappa shape index (κ3) is 6.31. The normalized spacial score (nSPS) is 14.4. The van der Waals surface area contributed by atoms with E-state index in [9.17, 15) is 9.59 Å². The number of hydrogen-bond donors (Lipinski definition) is 1. The molecule has 2 rings (SSSR count). The Kier molecular flexibility index (Phi) is 7.79. The van der Waals surface area contributed by atoms with Crippen molar-refractivity contribution in [3.05, 3.63) is 36.9 Å². The lowest BCUT2D eigenvalue weighted by Crippen LogP contribution is -2.47. The van der Waals surface area contributed by atoms with Gasteiger partial charge in [-0.25, -0.2) is 4.79 Å². The van der Waals surface area contributed by atoms with E-state index >= 15 is 0 Å². The summed E-state index contributed by atoms with van der Waals surface area (Å²) in [4.78, 5) is 25.4. The van der Waals surface area contributed by atoms with Crippen molar-refractivity contribution in [2.75, 3.05) is 32.9 Å². The molecule has 0 atom stereocenters. The average Bonchev–Trinajstić information content (AvgIpc) is 2.66. The van der Waals surface area contributed by atoms with Gasteiger partial charge >= 0.3 is 6.09 Å². The molecule has 0 radical (unpaired) electrons. The number of carbonyl (C=O) groups is 2. The summed E-state index contributed by atoms with van der Waals surface area (Å²) < 4.78 is 15.9. The molecule has 1 aliphatic rings. The van der Waals surface area contributed by atoms with E-state index in [1.54, 1.807) is 29.2 Å². The van der Waals surface area contributed by atoms with Gasteiger partial charge in [-0.05, 0) is 44.0 Å². The number of amides is 2. The molecule has 1 saturated heterocycles. The third-order valence-corrected chi connectivity index (χ3v) is 3.95. The first-order chi connectivity index (χ1) is 12.6. The van der Waals surface area contributed by atoms with Crippen LogP contribution < -0.4 is 14.8 Å². The van der Waals surface area contributed by atoms with Crippen LogP contribution in [0.3, 0.4) is 0 Å². The Morgan fingerprint density at radius 2 is 1.81 bits per heavy atom. The largest absolute Gasteiger partial charge is 0.494 e. The number of hydrogen-bond acceptors (Lipinski definition) is 5. The minimum Gasteiger partial charge on any atom is -0.494 e. The van der Waals surface area contributed by atoms with Crippen LogP contribution in [0.5, 0.6) is 11.5 Å². The van der Waals surface area contributed by atoms with Crippen LogP contribution in [0.15, 0.2) is 36.9 Å². The predicted octanol–water partition coefficient (Wildman–Crippen LogP) is 2.37. The molecule has 1 aliphatic heterocycles. The summed E-state index contributed by atoms with van der Waals surface area (Å²) >= 11 is 0. The standard InChI is InChI=1S/C19H26N2O5/c1-3-13-25-19(23)21-11-9-15(10-12-21)20-18(22)14-26-17-7-5-16(6-8-17)24-4-2/h3,5-8,15H,1,4,9-14H2,2H3,(H,20,22). The zero-order chi connectivity index (χ0) is 18.8. The SMILES string of the molecule is C=CCOC(=O)N1CCC(NC(=O)COc2ccc(OCC)cc2)CC1. The maximum atomic E-state index is 12.0. The van der Waals surface area contributed by atoms with Crippen LogP contribution in [0.4, 0.5) is 4.79 Å². The van der Waals surface area contributed by atoms with Crippen molar-refractivity contribution in [3.8, 4) is 11.5 Å². The van der Waals surface area contributed by atoms with Gasteiger partial charge < -0.3 is 24.4 Å². The van der Waals surface area contributed by atoms with Crippen molar-refractivity contribution in [1.82, 2.24) is 10.2 Å². The molecule has 0 aromatic heterocycles. The Morgan fingerprint density at radius 1 is 1.19 bits per heavy atom. The fourth-order valence-corrected chi connectivity index (χ4v) is 2.64. The molecule has 1 fully saturated rings.